The summed E-state index contributed by atoms with van der Waals surface area (Å²) in [7, 11) is 3.85. The summed E-state index contributed by atoms with van der Waals surface area (Å²) < 4.78 is 24.6. The number of benzene rings is 2. The molecule has 2 aromatic rings. The van der Waals surface area contributed by atoms with Crippen LogP contribution in [0.5, 0.6) is 11.5 Å². The second-order valence-corrected chi connectivity index (χ2v) is 8.06. The van der Waals surface area contributed by atoms with Crippen LogP contribution < -0.4 is 9.47 Å². The third-order valence-electron chi connectivity index (χ3n) is 5.55. The largest absolute Gasteiger partial charge is 0.507 e. The molecule has 0 unspecified atom stereocenters. The number of hydrogen-bond acceptors (Lipinski definition) is 6. The zero-order chi connectivity index (χ0) is 22.8. The minimum absolute atomic E-state index is 0.0249. The second-order valence-electron chi connectivity index (χ2n) is 8.06. The molecule has 2 aliphatic rings. The molecule has 0 saturated carbocycles. The van der Waals surface area contributed by atoms with Gasteiger partial charge in [-0.25, -0.2) is 4.39 Å². The van der Waals surface area contributed by atoms with Crippen LogP contribution in [0, 0.1) is 5.82 Å². The summed E-state index contributed by atoms with van der Waals surface area (Å²) in [6, 6.07) is 9.66. The van der Waals surface area contributed by atoms with Gasteiger partial charge in [0.1, 0.15) is 24.8 Å². The Bertz CT molecular complexity index is 1060. The van der Waals surface area contributed by atoms with Crippen LogP contribution >= 0.6 is 0 Å². The lowest BCUT2D eigenvalue weighted by atomic mass is 9.95. The predicted molar refractivity (Wildman–Crippen MR) is 116 cm³/mol. The molecule has 0 aliphatic carbocycles. The van der Waals surface area contributed by atoms with Crippen molar-refractivity contribution in [3.8, 4) is 11.5 Å². The minimum Gasteiger partial charge on any atom is -0.507 e. The van der Waals surface area contributed by atoms with Crippen molar-refractivity contribution in [2.45, 2.75) is 12.5 Å². The Morgan fingerprint density at radius 2 is 1.78 bits per heavy atom. The molecule has 1 amide bonds. The number of Topliss-reactive ketones (excluding diaryl/α,β-unsaturated/α-hetero) is 1. The molecular weight excluding hydrogens is 415 g/mol. The maximum atomic E-state index is 13.6. The fourth-order valence-corrected chi connectivity index (χ4v) is 4.01. The van der Waals surface area contributed by atoms with Crippen molar-refractivity contribution < 1.29 is 28.6 Å². The number of amides is 1. The third-order valence-corrected chi connectivity index (χ3v) is 5.55. The summed E-state index contributed by atoms with van der Waals surface area (Å²) in [5.74, 6) is -1.17. The molecule has 1 atom stereocenters. The van der Waals surface area contributed by atoms with Crippen LogP contribution in [0.1, 0.15) is 23.6 Å². The highest BCUT2D eigenvalue weighted by Gasteiger charge is 2.45. The molecule has 8 heteroatoms. The average Bonchev–Trinajstić information content (AvgIpc) is 3.03. The van der Waals surface area contributed by atoms with Crippen molar-refractivity contribution in [1.29, 1.82) is 0 Å². The number of carbonyl (C=O) groups is 2. The molecule has 2 aliphatic heterocycles. The summed E-state index contributed by atoms with van der Waals surface area (Å²) in [4.78, 5) is 29.4. The van der Waals surface area contributed by atoms with E-state index in [1.165, 1.54) is 29.2 Å². The molecule has 1 N–H and O–H groups in total. The van der Waals surface area contributed by atoms with Crippen molar-refractivity contribution in [2.24, 2.45) is 0 Å². The van der Waals surface area contributed by atoms with E-state index in [4.69, 9.17) is 9.47 Å². The number of aliphatic hydroxyl groups excluding tert-OH is 1. The summed E-state index contributed by atoms with van der Waals surface area (Å²) in [5.41, 5.74) is 0.866. The topological polar surface area (TPSA) is 79.3 Å². The highest BCUT2D eigenvalue weighted by molar-refractivity contribution is 6.46. The van der Waals surface area contributed by atoms with Gasteiger partial charge >= 0.3 is 0 Å². The molecule has 7 nitrogen and oxygen atoms in total. The van der Waals surface area contributed by atoms with E-state index in [0.717, 1.165) is 6.54 Å². The van der Waals surface area contributed by atoms with Gasteiger partial charge in [0.15, 0.2) is 11.5 Å². The number of likely N-dealkylation sites (tertiary alicyclic amines) is 1. The number of fused-ring (bicyclic) bond motifs is 1. The monoisotopic (exact) mass is 440 g/mol. The molecule has 0 bridgehead atoms. The van der Waals surface area contributed by atoms with Crippen LogP contribution in [0.2, 0.25) is 0 Å². The van der Waals surface area contributed by atoms with E-state index in [1.54, 1.807) is 18.2 Å². The van der Waals surface area contributed by atoms with Gasteiger partial charge in [-0.05, 0) is 63.0 Å². The van der Waals surface area contributed by atoms with Crippen molar-refractivity contribution in [2.75, 3.05) is 40.4 Å². The van der Waals surface area contributed by atoms with Crippen LogP contribution in [0.4, 0.5) is 4.39 Å². The summed E-state index contributed by atoms with van der Waals surface area (Å²) >= 11 is 0. The molecule has 1 fully saturated rings. The Balaban J connectivity index is 1.77. The molecule has 2 aromatic carbocycles. The first kappa shape index (κ1) is 21.8. The number of ether oxygens (including phenoxy) is 2. The smallest absolute Gasteiger partial charge is 0.295 e. The van der Waals surface area contributed by atoms with E-state index in [1.807, 2.05) is 19.0 Å². The van der Waals surface area contributed by atoms with Crippen LogP contribution in [0.25, 0.3) is 5.76 Å². The lowest BCUT2D eigenvalue weighted by Gasteiger charge is -2.26. The van der Waals surface area contributed by atoms with Gasteiger partial charge in [0, 0.05) is 12.1 Å². The summed E-state index contributed by atoms with van der Waals surface area (Å²) in [6.45, 7) is 1.86. The van der Waals surface area contributed by atoms with Gasteiger partial charge in [-0.15, -0.1) is 0 Å². The van der Waals surface area contributed by atoms with Crippen molar-refractivity contribution in [3.63, 3.8) is 0 Å². The molecule has 0 radical (unpaired) electrons. The fourth-order valence-electron chi connectivity index (χ4n) is 4.01. The molecule has 168 valence electrons. The normalized spacial score (nSPS) is 19.6. The number of ketones is 1. The maximum Gasteiger partial charge on any atom is 0.295 e. The molecule has 0 spiro atoms. The van der Waals surface area contributed by atoms with Crippen molar-refractivity contribution >= 4 is 17.4 Å². The summed E-state index contributed by atoms with van der Waals surface area (Å²) in [5, 5.41) is 11.1. The average molecular weight is 440 g/mol. The van der Waals surface area contributed by atoms with Crippen molar-refractivity contribution in [3.05, 3.63) is 65.0 Å². The lowest BCUT2D eigenvalue weighted by Crippen LogP contribution is -2.32. The van der Waals surface area contributed by atoms with Gasteiger partial charge in [0.05, 0.1) is 11.6 Å². The van der Waals surface area contributed by atoms with Gasteiger partial charge in [-0.1, -0.05) is 12.1 Å². The Hall–Kier alpha value is -3.39. The predicted octanol–water partition coefficient (Wildman–Crippen LogP) is 2.97. The maximum absolute atomic E-state index is 13.6. The quantitative estimate of drug-likeness (QED) is 0.423. The Morgan fingerprint density at radius 1 is 1.09 bits per heavy atom. The Morgan fingerprint density at radius 3 is 2.47 bits per heavy atom. The zero-order valence-electron chi connectivity index (χ0n) is 18.0. The molecular formula is C24H25FN2O5. The van der Waals surface area contributed by atoms with Gasteiger partial charge in [-0.3, -0.25) is 9.59 Å². The molecule has 32 heavy (non-hydrogen) atoms. The minimum atomic E-state index is -0.814. The first-order valence-corrected chi connectivity index (χ1v) is 10.5. The van der Waals surface area contributed by atoms with Gasteiger partial charge in [-0.2, -0.15) is 0 Å². The first-order valence-electron chi connectivity index (χ1n) is 10.5. The number of hydrogen-bond donors (Lipinski definition) is 1. The molecule has 2 heterocycles. The number of halogens is 1. The van der Waals surface area contributed by atoms with Gasteiger partial charge in [0.2, 0.25) is 0 Å². The number of carbonyl (C=O) groups excluding carboxylic acids is 2. The number of nitrogens with zero attached hydrogens (tertiary/aromatic N) is 2. The first-order chi connectivity index (χ1) is 15.4. The number of aliphatic hydroxyl groups is 1. The van der Waals surface area contributed by atoms with Crippen LogP contribution in [0.15, 0.2) is 48.0 Å². The Kier molecular flexibility index (Phi) is 6.14. The van der Waals surface area contributed by atoms with Gasteiger partial charge < -0.3 is 24.4 Å². The van der Waals surface area contributed by atoms with E-state index >= 15 is 0 Å². The van der Waals surface area contributed by atoms with E-state index < -0.39 is 23.5 Å². The Labute approximate surface area is 185 Å². The van der Waals surface area contributed by atoms with E-state index in [0.29, 0.717) is 48.8 Å². The highest BCUT2D eigenvalue weighted by atomic mass is 19.1. The van der Waals surface area contributed by atoms with Crippen LogP contribution in [-0.4, -0.2) is 67.0 Å². The van der Waals surface area contributed by atoms with Crippen LogP contribution in [0.3, 0.4) is 0 Å². The fraction of sp³-hybridized carbons (Fsp3) is 0.333. The second kappa shape index (κ2) is 9.00. The van der Waals surface area contributed by atoms with E-state index in [-0.39, 0.29) is 11.3 Å². The lowest BCUT2D eigenvalue weighted by molar-refractivity contribution is -0.139. The number of rotatable bonds is 6. The highest BCUT2D eigenvalue weighted by Crippen LogP contribution is 2.41. The van der Waals surface area contributed by atoms with Gasteiger partial charge in [0.25, 0.3) is 11.7 Å². The van der Waals surface area contributed by atoms with Crippen molar-refractivity contribution in [1.82, 2.24) is 9.80 Å². The third kappa shape index (κ3) is 4.18. The molecule has 0 aromatic heterocycles. The molecule has 1 saturated heterocycles. The molecule has 4 rings (SSSR count). The SMILES string of the molecule is CN(C)CCCN1C(=O)C(=O)/C(=C(/O)c2ccc3c(c2)OCCO3)[C@@H]1c1ccc(F)cc1. The summed E-state index contributed by atoms with van der Waals surface area (Å²) in [6.07, 6.45) is 0.641. The van der Waals surface area contributed by atoms with Crippen LogP contribution in [-0.2, 0) is 9.59 Å². The standard InChI is InChI=1S/C24H25FN2O5/c1-26(2)10-3-11-27-21(15-4-7-17(25)8-5-15)20(23(29)24(27)30)22(28)16-6-9-18-19(14-16)32-13-12-31-18/h4-9,14,21,28H,3,10-13H2,1-2H3/b22-20+/t21-/m0/s1. The van der Waals surface area contributed by atoms with E-state index in [9.17, 15) is 19.1 Å². The van der Waals surface area contributed by atoms with E-state index in [2.05, 4.69) is 0 Å². The zero-order valence-corrected chi connectivity index (χ0v) is 18.0.